The molecular weight excluding hydrogens is 518 g/mol. The third-order valence-electron chi connectivity index (χ3n) is 7.42. The van der Waals surface area contributed by atoms with E-state index in [1.807, 2.05) is 0 Å². The predicted octanol–water partition coefficient (Wildman–Crippen LogP) is 4.79. The molecule has 1 saturated heterocycles. The smallest absolute Gasteiger partial charge is 0.406 e. The molecule has 0 bridgehead atoms. The number of nitrogens with one attached hydrogen (secondary N) is 1. The van der Waals surface area contributed by atoms with E-state index >= 15 is 4.39 Å². The number of piperidine rings is 1. The van der Waals surface area contributed by atoms with E-state index in [9.17, 15) is 19.1 Å². The number of hydrogen-bond donors (Lipinski definition) is 3. The van der Waals surface area contributed by atoms with E-state index in [0.29, 0.717) is 53.9 Å². The van der Waals surface area contributed by atoms with Crippen molar-refractivity contribution in [2.75, 3.05) is 32.5 Å². The van der Waals surface area contributed by atoms with Crippen molar-refractivity contribution < 1.29 is 28.2 Å². The molecule has 40 heavy (non-hydrogen) atoms. The van der Waals surface area contributed by atoms with Crippen LogP contribution in [0.4, 0.5) is 19.4 Å². The van der Waals surface area contributed by atoms with E-state index in [-0.39, 0.29) is 31.0 Å². The van der Waals surface area contributed by atoms with Crippen molar-refractivity contribution in [3.8, 4) is 11.1 Å². The Bertz CT molecular complexity index is 1350. The van der Waals surface area contributed by atoms with Gasteiger partial charge >= 0.3 is 6.09 Å². The number of nitrogens with zero attached hydrogens (tertiary/aromatic N) is 2. The molecule has 1 aliphatic rings. The van der Waals surface area contributed by atoms with Crippen molar-refractivity contribution in [3.63, 3.8) is 0 Å². The summed E-state index contributed by atoms with van der Waals surface area (Å²) in [5.41, 5.74) is 5.79. The molecule has 4 rings (SSSR count). The van der Waals surface area contributed by atoms with Gasteiger partial charge in [-0.2, -0.15) is 0 Å². The molecule has 1 aliphatic heterocycles. The number of benzene rings is 2. The fourth-order valence-corrected chi connectivity index (χ4v) is 5.50. The monoisotopic (exact) mass is 552 g/mol. The number of pyridine rings is 1. The Morgan fingerprint density at radius 2 is 2.02 bits per heavy atom. The van der Waals surface area contributed by atoms with Crippen molar-refractivity contribution in [1.82, 2.24) is 15.2 Å². The van der Waals surface area contributed by atoms with E-state index in [1.165, 1.54) is 37.6 Å². The maximum Gasteiger partial charge on any atom is 0.406 e. The minimum absolute atomic E-state index is 0.111. The standard InChI is InChI=1S/C30H34F2N4O4/c1-19-14-21(16-23(31)15-19)27-24(7-3-8-25(27)32)30(39,11-5-12-34-29(38)40-2)22-6-4-13-36(18-22)28(37)20-9-10-26(33)35-17-20/h3,7-10,14-17,22,39H,4-6,11-13,18H2,1-2H3,(H2,33,35)(H,34,38)/t22-,30+/m1/s1. The van der Waals surface area contributed by atoms with Crippen molar-refractivity contribution in [1.29, 1.82) is 0 Å². The molecule has 8 nitrogen and oxygen atoms in total. The normalized spacial score (nSPS) is 16.7. The molecule has 2 heterocycles. The lowest BCUT2D eigenvalue weighted by Crippen LogP contribution is -2.48. The first kappa shape index (κ1) is 28.9. The predicted molar refractivity (Wildman–Crippen MR) is 147 cm³/mol. The number of likely N-dealkylation sites (tertiary alicyclic amines) is 1. The van der Waals surface area contributed by atoms with Gasteiger partial charge in [-0.25, -0.2) is 18.6 Å². The lowest BCUT2D eigenvalue weighted by molar-refractivity contribution is -0.0564. The van der Waals surface area contributed by atoms with E-state index in [4.69, 9.17) is 5.73 Å². The molecule has 0 aliphatic carbocycles. The van der Waals surface area contributed by atoms with Gasteiger partial charge in [0.1, 0.15) is 17.5 Å². The Kier molecular flexibility index (Phi) is 8.99. The number of anilines is 1. The van der Waals surface area contributed by atoms with E-state index in [1.54, 1.807) is 36.1 Å². The van der Waals surface area contributed by atoms with Crippen molar-refractivity contribution >= 4 is 17.8 Å². The molecule has 0 saturated carbocycles. The fraction of sp³-hybridized carbons (Fsp3) is 0.367. The first-order chi connectivity index (χ1) is 19.1. The quantitative estimate of drug-likeness (QED) is 0.346. The van der Waals surface area contributed by atoms with Gasteiger partial charge in [-0.3, -0.25) is 4.79 Å². The summed E-state index contributed by atoms with van der Waals surface area (Å²) in [5.74, 6) is -1.52. The number of aromatic nitrogens is 1. The number of nitrogen functional groups attached to an aromatic ring is 1. The van der Waals surface area contributed by atoms with Gasteiger partial charge in [-0.15, -0.1) is 0 Å². The summed E-state index contributed by atoms with van der Waals surface area (Å²) in [6.07, 6.45) is 2.50. The van der Waals surface area contributed by atoms with Crippen LogP contribution in [0.1, 0.15) is 47.2 Å². The van der Waals surface area contributed by atoms with E-state index < -0.39 is 29.2 Å². The molecule has 0 unspecified atom stereocenters. The SMILES string of the molecule is COC(=O)NCCC[C@@](O)(c1cccc(F)c1-c1cc(C)cc(F)c1)[C@@H]1CCCN(C(=O)c2ccc(N)nc2)C1. The number of ether oxygens (including phenoxy) is 1. The number of hydrogen-bond acceptors (Lipinski definition) is 6. The zero-order valence-electron chi connectivity index (χ0n) is 22.6. The Balaban J connectivity index is 1.73. The van der Waals surface area contributed by atoms with Crippen molar-refractivity contribution in [2.45, 2.75) is 38.2 Å². The molecule has 212 valence electrons. The highest BCUT2D eigenvalue weighted by Gasteiger charge is 2.43. The highest BCUT2D eigenvalue weighted by molar-refractivity contribution is 5.94. The minimum Gasteiger partial charge on any atom is -0.453 e. The molecule has 2 atom stereocenters. The van der Waals surface area contributed by atoms with Crippen LogP contribution in [0.15, 0.2) is 54.7 Å². The van der Waals surface area contributed by atoms with Crippen LogP contribution in [0.2, 0.25) is 0 Å². The van der Waals surface area contributed by atoms with Gasteiger partial charge in [0.15, 0.2) is 0 Å². The maximum absolute atomic E-state index is 15.5. The summed E-state index contributed by atoms with van der Waals surface area (Å²) in [5, 5.41) is 15.1. The number of alkyl carbamates (subject to hydrolysis) is 1. The topological polar surface area (TPSA) is 118 Å². The first-order valence-electron chi connectivity index (χ1n) is 13.2. The summed E-state index contributed by atoms with van der Waals surface area (Å²) in [7, 11) is 1.26. The van der Waals surface area contributed by atoms with Crippen LogP contribution in [-0.2, 0) is 10.3 Å². The molecule has 2 aromatic carbocycles. The Labute approximate surface area is 232 Å². The second-order valence-corrected chi connectivity index (χ2v) is 10.2. The Hall–Kier alpha value is -4.05. The third kappa shape index (κ3) is 6.39. The first-order valence-corrected chi connectivity index (χ1v) is 13.2. The number of rotatable bonds is 8. The number of halogens is 2. The van der Waals surface area contributed by atoms with Crippen LogP contribution in [0.25, 0.3) is 11.1 Å². The molecule has 1 fully saturated rings. The van der Waals surface area contributed by atoms with Crippen molar-refractivity contribution in [2.24, 2.45) is 5.92 Å². The number of amides is 2. The summed E-state index contributed by atoms with van der Waals surface area (Å²) >= 11 is 0. The van der Waals surface area contributed by atoms with Gasteiger partial charge in [-0.1, -0.05) is 18.2 Å². The van der Waals surface area contributed by atoms with Gasteiger partial charge in [0.25, 0.3) is 5.91 Å². The second kappa shape index (κ2) is 12.4. The van der Waals surface area contributed by atoms with Crippen LogP contribution >= 0.6 is 0 Å². The second-order valence-electron chi connectivity index (χ2n) is 10.2. The van der Waals surface area contributed by atoms with Crippen LogP contribution in [0.3, 0.4) is 0 Å². The van der Waals surface area contributed by atoms with Crippen LogP contribution in [0.5, 0.6) is 0 Å². The number of aliphatic hydroxyl groups is 1. The maximum atomic E-state index is 15.5. The summed E-state index contributed by atoms with van der Waals surface area (Å²) < 4.78 is 34.6. The zero-order valence-corrected chi connectivity index (χ0v) is 22.6. The molecule has 0 radical (unpaired) electrons. The number of methoxy groups -OCH3 is 1. The average Bonchev–Trinajstić information content (AvgIpc) is 2.94. The van der Waals surface area contributed by atoms with Crippen LogP contribution in [-0.4, -0.2) is 53.7 Å². The molecule has 4 N–H and O–H groups in total. The Morgan fingerprint density at radius 1 is 1.23 bits per heavy atom. The molecule has 2 amide bonds. The van der Waals surface area contributed by atoms with E-state index in [0.717, 1.165) is 0 Å². The van der Waals surface area contributed by atoms with E-state index in [2.05, 4.69) is 15.0 Å². The summed E-state index contributed by atoms with van der Waals surface area (Å²) in [6.45, 7) is 2.63. The zero-order chi connectivity index (χ0) is 28.9. The van der Waals surface area contributed by atoms with Gasteiger partial charge in [-0.05, 0) is 79.6 Å². The third-order valence-corrected chi connectivity index (χ3v) is 7.42. The molecule has 10 heteroatoms. The summed E-state index contributed by atoms with van der Waals surface area (Å²) in [4.78, 5) is 30.6. The fourth-order valence-electron chi connectivity index (χ4n) is 5.50. The van der Waals surface area contributed by atoms with Gasteiger partial charge in [0, 0.05) is 37.3 Å². The molecule has 0 spiro atoms. The number of carbonyl (C=O) groups is 2. The molecule has 3 aromatic rings. The minimum atomic E-state index is -1.60. The lowest BCUT2D eigenvalue weighted by Gasteiger charge is -2.43. The van der Waals surface area contributed by atoms with Crippen LogP contribution in [0, 0.1) is 24.5 Å². The summed E-state index contributed by atoms with van der Waals surface area (Å²) in [6, 6.07) is 11.9. The number of nitrogens with two attached hydrogens (primary N) is 1. The molecular formula is C30H34F2N4O4. The number of carbonyl (C=O) groups excluding carboxylic acids is 2. The molecule has 1 aromatic heterocycles. The van der Waals surface area contributed by atoms with Crippen LogP contribution < -0.4 is 11.1 Å². The largest absolute Gasteiger partial charge is 0.453 e. The van der Waals surface area contributed by atoms with Crippen molar-refractivity contribution in [3.05, 3.63) is 83.1 Å². The highest BCUT2D eigenvalue weighted by Crippen LogP contribution is 2.44. The van der Waals surface area contributed by atoms with Gasteiger partial charge < -0.3 is 25.8 Å². The Morgan fingerprint density at radius 3 is 2.73 bits per heavy atom. The van der Waals surface area contributed by atoms with Gasteiger partial charge in [0.2, 0.25) is 0 Å². The average molecular weight is 553 g/mol. The number of aryl methyl sites for hydroxylation is 1. The van der Waals surface area contributed by atoms with Gasteiger partial charge in [0.05, 0.1) is 18.3 Å². The lowest BCUT2D eigenvalue weighted by atomic mass is 9.72. The highest BCUT2D eigenvalue weighted by atomic mass is 19.1.